The van der Waals surface area contributed by atoms with E-state index in [2.05, 4.69) is 5.32 Å². The van der Waals surface area contributed by atoms with Crippen LogP contribution in [0.25, 0.3) is 0 Å². The maximum Gasteiger partial charge on any atom is 0.255 e. The highest BCUT2D eigenvalue weighted by Crippen LogP contribution is 2.25. The van der Waals surface area contributed by atoms with Crippen LogP contribution in [0, 0.1) is 0 Å². The summed E-state index contributed by atoms with van der Waals surface area (Å²) in [4.78, 5) is 12.1. The Balaban J connectivity index is 2.19. The number of aromatic hydroxyl groups is 1. The standard InChI is InChI=1S/C16H17NO3/c1-11(2)20-15-9-4-3-8-14(15)17-16(19)12-6-5-7-13(18)10-12/h3-11,18H,1-2H3,(H,17,19). The highest BCUT2D eigenvalue weighted by Gasteiger charge is 2.10. The van der Waals surface area contributed by atoms with Crippen molar-refractivity contribution in [2.75, 3.05) is 5.32 Å². The molecule has 2 rings (SSSR count). The lowest BCUT2D eigenvalue weighted by molar-refractivity contribution is 0.102. The van der Waals surface area contributed by atoms with E-state index in [0.717, 1.165) is 0 Å². The van der Waals surface area contributed by atoms with Crippen molar-refractivity contribution in [2.24, 2.45) is 0 Å². The molecule has 0 saturated carbocycles. The summed E-state index contributed by atoms with van der Waals surface area (Å²) in [5.74, 6) is 0.390. The van der Waals surface area contributed by atoms with E-state index in [9.17, 15) is 9.90 Å². The Labute approximate surface area is 118 Å². The van der Waals surface area contributed by atoms with Crippen LogP contribution < -0.4 is 10.1 Å². The van der Waals surface area contributed by atoms with E-state index in [1.54, 1.807) is 24.3 Å². The monoisotopic (exact) mass is 271 g/mol. The minimum Gasteiger partial charge on any atom is -0.508 e. The van der Waals surface area contributed by atoms with E-state index < -0.39 is 0 Å². The molecular formula is C16H17NO3. The smallest absolute Gasteiger partial charge is 0.255 e. The number of nitrogens with one attached hydrogen (secondary N) is 1. The molecular weight excluding hydrogens is 254 g/mol. The van der Waals surface area contributed by atoms with Gasteiger partial charge in [0.15, 0.2) is 0 Å². The van der Waals surface area contributed by atoms with Crippen molar-refractivity contribution in [3.8, 4) is 11.5 Å². The number of para-hydroxylation sites is 2. The summed E-state index contributed by atoms with van der Waals surface area (Å²) in [6, 6.07) is 13.5. The second kappa shape index (κ2) is 6.10. The van der Waals surface area contributed by atoms with Gasteiger partial charge in [-0.2, -0.15) is 0 Å². The van der Waals surface area contributed by atoms with Crippen LogP contribution in [0.2, 0.25) is 0 Å². The molecule has 0 atom stereocenters. The SMILES string of the molecule is CC(C)Oc1ccccc1NC(=O)c1cccc(O)c1. The molecule has 0 saturated heterocycles. The third kappa shape index (κ3) is 3.51. The molecule has 2 aromatic carbocycles. The summed E-state index contributed by atoms with van der Waals surface area (Å²) in [6.07, 6.45) is 0.0221. The lowest BCUT2D eigenvalue weighted by Gasteiger charge is -2.14. The third-order valence-electron chi connectivity index (χ3n) is 2.61. The molecule has 0 aliphatic carbocycles. The maximum absolute atomic E-state index is 12.1. The number of ether oxygens (including phenoxy) is 1. The molecule has 0 fully saturated rings. The molecule has 4 nitrogen and oxygen atoms in total. The molecule has 0 aliphatic rings. The Hall–Kier alpha value is -2.49. The van der Waals surface area contributed by atoms with Gasteiger partial charge in [0, 0.05) is 5.56 Å². The van der Waals surface area contributed by atoms with Crippen LogP contribution in [0.4, 0.5) is 5.69 Å². The van der Waals surface area contributed by atoms with Crippen molar-refractivity contribution < 1.29 is 14.6 Å². The van der Waals surface area contributed by atoms with Crippen molar-refractivity contribution in [3.05, 3.63) is 54.1 Å². The van der Waals surface area contributed by atoms with Gasteiger partial charge in [-0.1, -0.05) is 18.2 Å². The molecule has 2 aromatic rings. The number of anilines is 1. The number of benzene rings is 2. The van der Waals surface area contributed by atoms with Gasteiger partial charge in [-0.15, -0.1) is 0 Å². The molecule has 1 amide bonds. The Morgan fingerprint density at radius 2 is 1.90 bits per heavy atom. The van der Waals surface area contributed by atoms with Crippen LogP contribution >= 0.6 is 0 Å². The molecule has 20 heavy (non-hydrogen) atoms. The van der Waals surface area contributed by atoms with E-state index in [0.29, 0.717) is 17.0 Å². The Morgan fingerprint density at radius 1 is 1.15 bits per heavy atom. The van der Waals surface area contributed by atoms with Crippen molar-refractivity contribution in [1.82, 2.24) is 0 Å². The summed E-state index contributed by atoms with van der Waals surface area (Å²) in [5, 5.41) is 12.2. The van der Waals surface area contributed by atoms with Crippen LogP contribution in [0.1, 0.15) is 24.2 Å². The number of phenolic OH excluding ortho intramolecular Hbond substituents is 1. The summed E-state index contributed by atoms with van der Waals surface area (Å²) >= 11 is 0. The predicted molar refractivity (Wildman–Crippen MR) is 78.3 cm³/mol. The largest absolute Gasteiger partial charge is 0.508 e. The van der Waals surface area contributed by atoms with Crippen molar-refractivity contribution in [1.29, 1.82) is 0 Å². The van der Waals surface area contributed by atoms with Crippen LogP contribution in [0.3, 0.4) is 0 Å². The van der Waals surface area contributed by atoms with Crippen LogP contribution in [0.5, 0.6) is 11.5 Å². The van der Waals surface area contributed by atoms with Gasteiger partial charge in [-0.25, -0.2) is 0 Å². The van der Waals surface area contributed by atoms with Gasteiger partial charge in [0.25, 0.3) is 5.91 Å². The number of hydrogen-bond acceptors (Lipinski definition) is 3. The molecule has 0 unspecified atom stereocenters. The number of amides is 1. The highest BCUT2D eigenvalue weighted by atomic mass is 16.5. The average Bonchev–Trinajstić information content (AvgIpc) is 2.40. The first-order chi connectivity index (χ1) is 9.56. The maximum atomic E-state index is 12.1. The molecule has 0 bridgehead atoms. The lowest BCUT2D eigenvalue weighted by atomic mass is 10.2. The summed E-state index contributed by atoms with van der Waals surface area (Å²) in [7, 11) is 0. The zero-order valence-corrected chi connectivity index (χ0v) is 11.5. The topological polar surface area (TPSA) is 58.6 Å². The molecule has 4 heteroatoms. The van der Waals surface area contributed by atoms with Crippen LogP contribution in [-0.2, 0) is 0 Å². The minimum atomic E-state index is -0.291. The Morgan fingerprint density at radius 3 is 2.60 bits per heavy atom. The third-order valence-corrected chi connectivity index (χ3v) is 2.61. The van der Waals surface area contributed by atoms with Gasteiger partial charge in [0.2, 0.25) is 0 Å². The van der Waals surface area contributed by atoms with Crippen molar-refractivity contribution >= 4 is 11.6 Å². The molecule has 0 radical (unpaired) electrons. The number of carbonyl (C=O) groups excluding carboxylic acids is 1. The highest BCUT2D eigenvalue weighted by molar-refractivity contribution is 6.05. The number of rotatable bonds is 4. The fraction of sp³-hybridized carbons (Fsp3) is 0.188. The van der Waals surface area contributed by atoms with Gasteiger partial charge in [0.05, 0.1) is 11.8 Å². The van der Waals surface area contributed by atoms with Crippen LogP contribution in [-0.4, -0.2) is 17.1 Å². The molecule has 0 aliphatic heterocycles. The fourth-order valence-corrected chi connectivity index (χ4v) is 1.77. The number of carbonyl (C=O) groups is 1. The first kappa shape index (κ1) is 13.9. The quantitative estimate of drug-likeness (QED) is 0.895. The zero-order chi connectivity index (χ0) is 14.5. The van der Waals surface area contributed by atoms with Crippen molar-refractivity contribution in [3.63, 3.8) is 0 Å². The second-order valence-electron chi connectivity index (χ2n) is 4.67. The first-order valence-electron chi connectivity index (χ1n) is 6.42. The molecule has 0 spiro atoms. The van der Waals surface area contributed by atoms with Gasteiger partial charge in [-0.3, -0.25) is 4.79 Å². The fourth-order valence-electron chi connectivity index (χ4n) is 1.77. The van der Waals surface area contributed by atoms with E-state index in [-0.39, 0.29) is 17.8 Å². The number of phenols is 1. The lowest BCUT2D eigenvalue weighted by Crippen LogP contribution is -2.14. The summed E-state index contributed by atoms with van der Waals surface area (Å²) in [6.45, 7) is 3.85. The van der Waals surface area contributed by atoms with E-state index in [4.69, 9.17) is 4.74 Å². The summed E-state index contributed by atoms with van der Waals surface area (Å²) in [5.41, 5.74) is 0.999. The van der Waals surface area contributed by atoms with Crippen LogP contribution in [0.15, 0.2) is 48.5 Å². The second-order valence-corrected chi connectivity index (χ2v) is 4.67. The molecule has 0 heterocycles. The van der Waals surface area contributed by atoms with Gasteiger partial charge in [-0.05, 0) is 44.2 Å². The molecule has 2 N–H and O–H groups in total. The van der Waals surface area contributed by atoms with Gasteiger partial charge < -0.3 is 15.2 Å². The summed E-state index contributed by atoms with van der Waals surface area (Å²) < 4.78 is 5.64. The Kier molecular flexibility index (Phi) is 4.25. The molecule has 0 aromatic heterocycles. The normalized spacial score (nSPS) is 10.3. The van der Waals surface area contributed by atoms with E-state index in [1.807, 2.05) is 26.0 Å². The van der Waals surface area contributed by atoms with Crippen molar-refractivity contribution in [2.45, 2.75) is 20.0 Å². The van der Waals surface area contributed by atoms with Gasteiger partial charge in [0.1, 0.15) is 11.5 Å². The Bertz CT molecular complexity index is 608. The minimum absolute atomic E-state index is 0.0221. The zero-order valence-electron chi connectivity index (χ0n) is 11.5. The van der Waals surface area contributed by atoms with E-state index >= 15 is 0 Å². The average molecular weight is 271 g/mol. The number of hydrogen-bond donors (Lipinski definition) is 2. The molecule has 104 valence electrons. The predicted octanol–water partition coefficient (Wildman–Crippen LogP) is 3.43. The van der Waals surface area contributed by atoms with E-state index in [1.165, 1.54) is 12.1 Å². The van der Waals surface area contributed by atoms with Gasteiger partial charge >= 0.3 is 0 Å². The first-order valence-corrected chi connectivity index (χ1v) is 6.42.